The van der Waals surface area contributed by atoms with Crippen LogP contribution in [0.25, 0.3) is 0 Å². The minimum Gasteiger partial charge on any atom is -0.316 e. The number of hydrogen-bond acceptors (Lipinski definition) is 3. The first-order valence-corrected chi connectivity index (χ1v) is 8.37. The molecule has 0 aliphatic carbocycles. The minimum absolute atomic E-state index is 0.141. The van der Waals surface area contributed by atoms with Crippen molar-refractivity contribution in [3.63, 3.8) is 0 Å². The summed E-state index contributed by atoms with van der Waals surface area (Å²) in [7, 11) is -3.54. The molecular formula is C12H14BrFN2O2S. The van der Waals surface area contributed by atoms with Gasteiger partial charge >= 0.3 is 0 Å². The summed E-state index contributed by atoms with van der Waals surface area (Å²) in [4.78, 5) is 0.141. The Labute approximate surface area is 120 Å². The summed E-state index contributed by atoms with van der Waals surface area (Å²) in [6.45, 7) is 2.84. The van der Waals surface area contributed by atoms with Crippen LogP contribution >= 0.6 is 15.9 Å². The first-order valence-electron chi connectivity index (χ1n) is 6.14. The molecule has 4 nitrogen and oxygen atoms in total. The fraction of sp³-hybridized carbons (Fsp3) is 0.500. The van der Waals surface area contributed by atoms with Crippen LogP contribution in [-0.4, -0.2) is 38.9 Å². The number of rotatable bonds is 2. The normalized spacial score (nSPS) is 27.7. The molecule has 1 aromatic rings. The van der Waals surface area contributed by atoms with E-state index in [1.165, 1.54) is 22.5 Å². The number of nitrogens with one attached hydrogen (secondary N) is 1. The molecule has 0 amide bonds. The Morgan fingerprint density at radius 3 is 2.47 bits per heavy atom. The van der Waals surface area contributed by atoms with E-state index in [1.54, 1.807) is 0 Å². The molecule has 0 saturated carbocycles. The Morgan fingerprint density at radius 1 is 1.26 bits per heavy atom. The van der Waals surface area contributed by atoms with Crippen molar-refractivity contribution in [3.8, 4) is 0 Å². The zero-order chi connectivity index (χ0) is 13.6. The van der Waals surface area contributed by atoms with Crippen LogP contribution in [0.4, 0.5) is 4.39 Å². The highest BCUT2D eigenvalue weighted by Crippen LogP contribution is 2.33. The molecule has 104 valence electrons. The molecule has 1 N–H and O–H groups in total. The van der Waals surface area contributed by atoms with Crippen molar-refractivity contribution in [2.75, 3.05) is 26.2 Å². The largest absolute Gasteiger partial charge is 0.316 e. The zero-order valence-corrected chi connectivity index (χ0v) is 12.5. The fourth-order valence-corrected chi connectivity index (χ4v) is 5.40. The van der Waals surface area contributed by atoms with Crippen molar-refractivity contribution in [1.82, 2.24) is 9.62 Å². The summed E-state index contributed by atoms with van der Waals surface area (Å²) < 4.78 is 40.0. The van der Waals surface area contributed by atoms with Gasteiger partial charge in [-0.15, -0.1) is 0 Å². The van der Waals surface area contributed by atoms with Crippen LogP contribution in [0.1, 0.15) is 0 Å². The van der Waals surface area contributed by atoms with Gasteiger partial charge in [0.05, 0.1) is 4.90 Å². The summed E-state index contributed by atoms with van der Waals surface area (Å²) in [5.41, 5.74) is 0. The Kier molecular flexibility index (Phi) is 3.41. The molecule has 2 aliphatic rings. The average Bonchev–Trinajstić information content (AvgIpc) is 2.87. The minimum atomic E-state index is -3.54. The molecule has 2 fully saturated rings. The van der Waals surface area contributed by atoms with Gasteiger partial charge in [-0.25, -0.2) is 12.8 Å². The van der Waals surface area contributed by atoms with Crippen molar-refractivity contribution in [2.45, 2.75) is 4.90 Å². The van der Waals surface area contributed by atoms with Gasteiger partial charge in [0.15, 0.2) is 0 Å². The van der Waals surface area contributed by atoms with E-state index in [-0.39, 0.29) is 9.37 Å². The summed E-state index contributed by atoms with van der Waals surface area (Å²) in [5.74, 6) is 0.344. The maximum atomic E-state index is 13.1. The summed E-state index contributed by atoms with van der Waals surface area (Å²) >= 11 is 3.13. The topological polar surface area (TPSA) is 49.4 Å². The predicted molar refractivity (Wildman–Crippen MR) is 72.7 cm³/mol. The van der Waals surface area contributed by atoms with Gasteiger partial charge in [-0.2, -0.15) is 4.31 Å². The molecule has 2 atom stereocenters. The summed E-state index contributed by atoms with van der Waals surface area (Å²) in [5, 5.41) is 3.27. The highest BCUT2D eigenvalue weighted by Gasteiger charge is 2.41. The molecule has 7 heteroatoms. The standard InChI is InChI=1S/C12H14BrFN2O2S/c13-11-3-10(14)1-2-12(11)19(17,18)16-6-8-4-15-5-9(8)7-16/h1-3,8-9,15H,4-7H2/t8-,9+. The Bertz CT molecular complexity index is 596. The lowest BCUT2D eigenvalue weighted by molar-refractivity contribution is 0.447. The molecule has 19 heavy (non-hydrogen) atoms. The molecule has 2 saturated heterocycles. The van der Waals surface area contributed by atoms with Gasteiger partial charge in [0.25, 0.3) is 0 Å². The van der Waals surface area contributed by atoms with Gasteiger partial charge in [0.1, 0.15) is 5.82 Å². The van der Waals surface area contributed by atoms with E-state index in [9.17, 15) is 12.8 Å². The van der Waals surface area contributed by atoms with Crippen molar-refractivity contribution in [3.05, 3.63) is 28.5 Å². The molecule has 1 aromatic carbocycles. The number of hydrogen-bond donors (Lipinski definition) is 1. The fourth-order valence-electron chi connectivity index (χ4n) is 2.83. The number of benzene rings is 1. The molecule has 0 aromatic heterocycles. The van der Waals surface area contributed by atoms with Crippen LogP contribution in [0.2, 0.25) is 0 Å². The predicted octanol–water partition coefficient (Wildman–Crippen LogP) is 1.43. The quantitative estimate of drug-likeness (QED) is 0.879. The number of halogens is 2. The van der Waals surface area contributed by atoms with Gasteiger partial charge in [0, 0.05) is 17.6 Å². The third-order valence-corrected chi connectivity index (χ3v) is 6.68. The second-order valence-electron chi connectivity index (χ2n) is 5.08. The van der Waals surface area contributed by atoms with E-state index < -0.39 is 15.8 Å². The van der Waals surface area contributed by atoms with Gasteiger partial charge < -0.3 is 5.32 Å². The number of fused-ring (bicyclic) bond motifs is 1. The van der Waals surface area contributed by atoms with Crippen LogP contribution in [0, 0.1) is 17.7 Å². The first-order chi connectivity index (χ1) is 8.98. The third-order valence-electron chi connectivity index (χ3n) is 3.87. The highest BCUT2D eigenvalue weighted by molar-refractivity contribution is 9.10. The van der Waals surface area contributed by atoms with Gasteiger partial charge in [0.2, 0.25) is 10.0 Å². The van der Waals surface area contributed by atoms with E-state index in [1.807, 2.05) is 0 Å². The van der Waals surface area contributed by atoms with Crippen molar-refractivity contribution >= 4 is 26.0 Å². The lowest BCUT2D eigenvalue weighted by Crippen LogP contribution is -2.32. The Balaban J connectivity index is 1.91. The smallest absolute Gasteiger partial charge is 0.244 e. The number of nitrogens with zero attached hydrogens (tertiary/aromatic N) is 1. The molecule has 3 rings (SSSR count). The molecule has 0 bridgehead atoms. The summed E-state index contributed by atoms with van der Waals surface area (Å²) in [6.07, 6.45) is 0. The van der Waals surface area contributed by atoms with Crippen LogP contribution in [0.15, 0.2) is 27.6 Å². The average molecular weight is 349 g/mol. The molecule has 0 radical (unpaired) electrons. The Hall–Kier alpha value is -0.500. The second-order valence-corrected chi connectivity index (χ2v) is 7.84. The van der Waals surface area contributed by atoms with Crippen molar-refractivity contribution in [1.29, 1.82) is 0 Å². The van der Waals surface area contributed by atoms with Gasteiger partial charge in [-0.1, -0.05) is 0 Å². The van der Waals surface area contributed by atoms with Crippen LogP contribution in [0.3, 0.4) is 0 Å². The van der Waals surface area contributed by atoms with Crippen LogP contribution in [0.5, 0.6) is 0 Å². The van der Waals surface area contributed by atoms with E-state index in [2.05, 4.69) is 21.2 Å². The Morgan fingerprint density at radius 2 is 1.89 bits per heavy atom. The SMILES string of the molecule is O=S(=O)(c1ccc(F)cc1Br)N1C[C@H]2CNC[C@H]2C1. The van der Waals surface area contributed by atoms with Crippen molar-refractivity contribution in [2.24, 2.45) is 11.8 Å². The van der Waals surface area contributed by atoms with Gasteiger partial charge in [-0.3, -0.25) is 0 Å². The second kappa shape index (κ2) is 4.80. The van der Waals surface area contributed by atoms with E-state index in [4.69, 9.17) is 0 Å². The highest BCUT2D eigenvalue weighted by atomic mass is 79.9. The maximum absolute atomic E-state index is 13.1. The van der Waals surface area contributed by atoms with E-state index >= 15 is 0 Å². The van der Waals surface area contributed by atoms with E-state index in [0.717, 1.165) is 13.1 Å². The third kappa shape index (κ3) is 2.33. The molecule has 2 heterocycles. The molecule has 2 aliphatic heterocycles. The van der Waals surface area contributed by atoms with Crippen molar-refractivity contribution < 1.29 is 12.8 Å². The molecule has 0 spiro atoms. The van der Waals surface area contributed by atoms with E-state index in [0.29, 0.717) is 24.9 Å². The van der Waals surface area contributed by atoms with Gasteiger partial charge in [-0.05, 0) is 59.1 Å². The lowest BCUT2D eigenvalue weighted by Gasteiger charge is -2.18. The number of sulfonamides is 1. The van der Waals surface area contributed by atoms with Crippen LogP contribution < -0.4 is 5.32 Å². The van der Waals surface area contributed by atoms with Crippen LogP contribution in [-0.2, 0) is 10.0 Å². The maximum Gasteiger partial charge on any atom is 0.244 e. The first kappa shape index (κ1) is 13.5. The molecular weight excluding hydrogens is 335 g/mol. The lowest BCUT2D eigenvalue weighted by atomic mass is 10.0. The zero-order valence-electron chi connectivity index (χ0n) is 10.1. The molecule has 0 unspecified atom stereocenters. The summed E-state index contributed by atoms with van der Waals surface area (Å²) in [6, 6.07) is 3.68. The monoisotopic (exact) mass is 348 g/mol.